The molecule has 4 nitrogen and oxygen atoms in total. The lowest BCUT2D eigenvalue weighted by atomic mass is 10.2. The van der Waals surface area contributed by atoms with Crippen molar-refractivity contribution in [3.63, 3.8) is 0 Å². The average Bonchev–Trinajstić information content (AvgIpc) is 2.81. The average molecular weight is 325 g/mol. The Hall–Kier alpha value is -1.33. The number of carbonyl (C=O) groups excluding carboxylic acids is 1. The number of fused-ring (bicyclic) bond motifs is 1. The Bertz CT molecular complexity index is 580. The Morgan fingerprint density at radius 1 is 1.47 bits per heavy atom. The van der Waals surface area contributed by atoms with Crippen LogP contribution in [0.25, 0.3) is 10.9 Å². The van der Waals surface area contributed by atoms with Gasteiger partial charge in [-0.1, -0.05) is 28.9 Å². The van der Waals surface area contributed by atoms with Crippen molar-refractivity contribution in [3.8, 4) is 0 Å². The quantitative estimate of drug-likeness (QED) is 0.791. The van der Waals surface area contributed by atoms with Crippen molar-refractivity contribution >= 4 is 32.7 Å². The normalized spacial score (nSPS) is 12.6. The summed E-state index contributed by atoms with van der Waals surface area (Å²) in [6.45, 7) is 2.40. The summed E-state index contributed by atoms with van der Waals surface area (Å²) in [5, 5.41) is 13.2. The molecule has 1 aromatic heterocycles. The molecule has 19 heavy (non-hydrogen) atoms. The maximum Gasteiger partial charge on any atom is 0.267 e. The zero-order valence-electron chi connectivity index (χ0n) is 10.7. The van der Waals surface area contributed by atoms with Gasteiger partial charge >= 0.3 is 0 Å². The number of rotatable bonds is 5. The number of amides is 1. The number of carbonyl (C=O) groups is 1. The predicted octanol–water partition coefficient (Wildman–Crippen LogP) is 2.82. The first kappa shape index (κ1) is 14.1. The SMILES string of the molecule is CCC(O)CCNC(=O)c1cc2ccc(Br)cc2[nH]1. The van der Waals surface area contributed by atoms with E-state index in [4.69, 9.17) is 0 Å². The first-order valence-electron chi connectivity index (χ1n) is 6.34. The largest absolute Gasteiger partial charge is 0.393 e. The molecule has 2 rings (SSSR count). The number of hydrogen-bond donors (Lipinski definition) is 3. The highest BCUT2D eigenvalue weighted by atomic mass is 79.9. The summed E-state index contributed by atoms with van der Waals surface area (Å²) in [7, 11) is 0. The Morgan fingerprint density at radius 3 is 3.00 bits per heavy atom. The minimum Gasteiger partial charge on any atom is -0.393 e. The van der Waals surface area contributed by atoms with Gasteiger partial charge in [-0.05, 0) is 31.0 Å². The van der Waals surface area contributed by atoms with Gasteiger partial charge < -0.3 is 15.4 Å². The Morgan fingerprint density at radius 2 is 2.26 bits per heavy atom. The summed E-state index contributed by atoms with van der Waals surface area (Å²) >= 11 is 3.40. The van der Waals surface area contributed by atoms with Crippen LogP contribution in [0.3, 0.4) is 0 Å². The van der Waals surface area contributed by atoms with E-state index in [9.17, 15) is 9.90 Å². The van der Waals surface area contributed by atoms with Crippen molar-refractivity contribution in [2.45, 2.75) is 25.9 Å². The first-order chi connectivity index (χ1) is 9.10. The lowest BCUT2D eigenvalue weighted by molar-refractivity contribution is 0.0938. The second kappa shape index (κ2) is 6.21. The molecule has 1 aromatic carbocycles. The summed E-state index contributed by atoms with van der Waals surface area (Å²) in [5.74, 6) is -0.143. The lowest BCUT2D eigenvalue weighted by Crippen LogP contribution is -2.27. The minimum atomic E-state index is -0.348. The number of H-pyrrole nitrogens is 1. The van der Waals surface area contributed by atoms with Crippen LogP contribution in [0.5, 0.6) is 0 Å². The van der Waals surface area contributed by atoms with Gasteiger partial charge in [0.05, 0.1) is 6.10 Å². The van der Waals surface area contributed by atoms with E-state index in [2.05, 4.69) is 26.2 Å². The van der Waals surface area contributed by atoms with Crippen LogP contribution in [0.15, 0.2) is 28.7 Å². The first-order valence-corrected chi connectivity index (χ1v) is 7.14. The van der Waals surface area contributed by atoms with Gasteiger partial charge in [0, 0.05) is 21.9 Å². The summed E-state index contributed by atoms with van der Waals surface area (Å²) in [5.41, 5.74) is 1.47. The fraction of sp³-hybridized carbons (Fsp3) is 0.357. The summed E-state index contributed by atoms with van der Waals surface area (Å²) < 4.78 is 0.972. The fourth-order valence-corrected chi connectivity index (χ4v) is 2.23. The molecule has 3 N–H and O–H groups in total. The van der Waals surface area contributed by atoms with Crippen molar-refractivity contribution in [2.24, 2.45) is 0 Å². The molecule has 0 bridgehead atoms. The maximum absolute atomic E-state index is 11.9. The lowest BCUT2D eigenvalue weighted by Gasteiger charge is -2.07. The smallest absolute Gasteiger partial charge is 0.267 e. The number of aliphatic hydroxyl groups is 1. The molecular formula is C14H17BrN2O2. The van der Waals surface area contributed by atoms with E-state index in [1.807, 2.05) is 31.2 Å². The van der Waals surface area contributed by atoms with Gasteiger partial charge in [0.25, 0.3) is 5.91 Å². The van der Waals surface area contributed by atoms with Crippen LogP contribution < -0.4 is 5.32 Å². The van der Waals surface area contributed by atoms with Gasteiger partial charge in [-0.15, -0.1) is 0 Å². The molecule has 2 aromatic rings. The Labute approximate surface area is 120 Å². The Kier molecular flexibility index (Phi) is 4.61. The van der Waals surface area contributed by atoms with Crippen LogP contribution in [0.1, 0.15) is 30.3 Å². The fourth-order valence-electron chi connectivity index (χ4n) is 1.87. The molecule has 0 saturated heterocycles. The Balaban J connectivity index is 2.01. The number of aromatic nitrogens is 1. The molecule has 1 heterocycles. The second-order valence-corrected chi connectivity index (χ2v) is 5.44. The molecule has 0 aliphatic carbocycles. The van der Waals surface area contributed by atoms with Crippen molar-refractivity contribution < 1.29 is 9.90 Å². The number of aliphatic hydroxyl groups excluding tert-OH is 1. The van der Waals surface area contributed by atoms with E-state index in [-0.39, 0.29) is 12.0 Å². The van der Waals surface area contributed by atoms with Crippen molar-refractivity contribution in [1.82, 2.24) is 10.3 Å². The van der Waals surface area contributed by atoms with Gasteiger partial charge in [-0.25, -0.2) is 0 Å². The molecule has 1 unspecified atom stereocenters. The van der Waals surface area contributed by atoms with E-state index < -0.39 is 0 Å². The molecule has 0 fully saturated rings. The van der Waals surface area contributed by atoms with Crippen LogP contribution >= 0.6 is 15.9 Å². The topological polar surface area (TPSA) is 65.1 Å². The molecule has 0 aliphatic rings. The standard InChI is InChI=1S/C14H17BrN2O2/c1-2-11(18)5-6-16-14(19)13-7-9-3-4-10(15)8-12(9)17-13/h3-4,7-8,11,17-18H,2,5-6H2,1H3,(H,16,19). The van der Waals surface area contributed by atoms with E-state index >= 15 is 0 Å². The van der Waals surface area contributed by atoms with E-state index in [1.54, 1.807) is 0 Å². The number of hydrogen-bond acceptors (Lipinski definition) is 2. The number of nitrogens with one attached hydrogen (secondary N) is 2. The van der Waals surface area contributed by atoms with Gasteiger partial charge in [0.15, 0.2) is 0 Å². The molecule has 5 heteroatoms. The van der Waals surface area contributed by atoms with E-state index in [0.717, 1.165) is 15.4 Å². The molecule has 0 saturated carbocycles. The van der Waals surface area contributed by atoms with Crippen LogP contribution in [-0.2, 0) is 0 Å². The highest BCUT2D eigenvalue weighted by molar-refractivity contribution is 9.10. The molecule has 102 valence electrons. The van der Waals surface area contributed by atoms with Crippen LogP contribution in [0, 0.1) is 0 Å². The van der Waals surface area contributed by atoms with Crippen LogP contribution in [0.2, 0.25) is 0 Å². The number of benzene rings is 1. The highest BCUT2D eigenvalue weighted by Crippen LogP contribution is 2.20. The molecule has 0 radical (unpaired) electrons. The summed E-state index contributed by atoms with van der Waals surface area (Å²) in [4.78, 5) is 15.0. The summed E-state index contributed by atoms with van der Waals surface area (Å²) in [6, 6.07) is 7.66. The third-order valence-corrected chi connectivity index (χ3v) is 3.56. The molecule has 0 spiro atoms. The van der Waals surface area contributed by atoms with Crippen molar-refractivity contribution in [3.05, 3.63) is 34.4 Å². The number of aromatic amines is 1. The zero-order valence-corrected chi connectivity index (χ0v) is 12.3. The van der Waals surface area contributed by atoms with Gasteiger partial charge in [0.1, 0.15) is 5.69 Å². The molecule has 1 amide bonds. The monoisotopic (exact) mass is 324 g/mol. The number of halogens is 1. The highest BCUT2D eigenvalue weighted by Gasteiger charge is 2.09. The second-order valence-electron chi connectivity index (χ2n) is 4.52. The van der Waals surface area contributed by atoms with Crippen LogP contribution in [0.4, 0.5) is 0 Å². The predicted molar refractivity (Wildman–Crippen MR) is 79.2 cm³/mol. The van der Waals surface area contributed by atoms with Crippen molar-refractivity contribution in [2.75, 3.05) is 6.54 Å². The third-order valence-electron chi connectivity index (χ3n) is 3.06. The van der Waals surface area contributed by atoms with Gasteiger partial charge in [0.2, 0.25) is 0 Å². The molecule has 1 atom stereocenters. The molecule has 0 aliphatic heterocycles. The third kappa shape index (κ3) is 3.58. The van der Waals surface area contributed by atoms with E-state index in [1.165, 1.54) is 0 Å². The maximum atomic E-state index is 11.9. The minimum absolute atomic E-state index is 0.143. The van der Waals surface area contributed by atoms with Gasteiger partial charge in [-0.2, -0.15) is 0 Å². The van der Waals surface area contributed by atoms with Crippen LogP contribution in [-0.4, -0.2) is 28.6 Å². The van der Waals surface area contributed by atoms with E-state index in [0.29, 0.717) is 25.1 Å². The van der Waals surface area contributed by atoms with Crippen molar-refractivity contribution in [1.29, 1.82) is 0 Å². The molecular weight excluding hydrogens is 308 g/mol. The zero-order chi connectivity index (χ0) is 13.8. The summed E-state index contributed by atoms with van der Waals surface area (Å²) in [6.07, 6.45) is 0.934. The van der Waals surface area contributed by atoms with Gasteiger partial charge in [-0.3, -0.25) is 4.79 Å².